The van der Waals surface area contributed by atoms with E-state index in [1.54, 1.807) is 41.3 Å². The fourth-order valence-electron chi connectivity index (χ4n) is 4.78. The van der Waals surface area contributed by atoms with Crippen LogP contribution in [0.2, 0.25) is 0 Å². The second-order valence-corrected chi connectivity index (χ2v) is 11.3. The summed E-state index contributed by atoms with van der Waals surface area (Å²) in [5.74, 6) is -0.158. The van der Waals surface area contributed by atoms with Crippen LogP contribution in [0.4, 0.5) is 11.4 Å². The van der Waals surface area contributed by atoms with Crippen LogP contribution in [-0.4, -0.2) is 69.3 Å². The van der Waals surface area contributed by atoms with Gasteiger partial charge in [-0.15, -0.1) is 0 Å². The molecule has 1 aliphatic rings. The Morgan fingerprint density at radius 2 is 1.56 bits per heavy atom. The molecular formula is C30H36N4O4S. The van der Waals surface area contributed by atoms with E-state index in [9.17, 15) is 18.0 Å². The lowest BCUT2D eigenvalue weighted by Gasteiger charge is -2.28. The highest BCUT2D eigenvalue weighted by atomic mass is 32.2. The van der Waals surface area contributed by atoms with Gasteiger partial charge in [0.1, 0.15) is 0 Å². The minimum atomic E-state index is -3.81. The number of benzene rings is 3. The van der Waals surface area contributed by atoms with E-state index in [1.807, 2.05) is 49.9 Å². The third-order valence-corrected chi connectivity index (χ3v) is 8.40. The van der Waals surface area contributed by atoms with E-state index < -0.39 is 10.0 Å². The van der Waals surface area contributed by atoms with Crippen molar-refractivity contribution in [2.75, 3.05) is 48.9 Å². The number of aryl methyl sites for hydroxylation is 1. The number of nitrogens with zero attached hydrogens (tertiary/aromatic N) is 3. The molecule has 1 N–H and O–H groups in total. The second kappa shape index (κ2) is 12.3. The summed E-state index contributed by atoms with van der Waals surface area (Å²) in [5, 5.41) is 0. The van der Waals surface area contributed by atoms with Crippen LogP contribution >= 0.6 is 0 Å². The third-order valence-electron chi connectivity index (χ3n) is 7.01. The molecule has 206 valence electrons. The minimum absolute atomic E-state index is 0.00181. The lowest BCUT2D eigenvalue weighted by Crippen LogP contribution is -2.36. The largest absolute Gasteiger partial charge is 0.369 e. The molecular weight excluding hydrogens is 512 g/mol. The molecule has 1 aliphatic heterocycles. The quantitative estimate of drug-likeness (QED) is 0.443. The Morgan fingerprint density at radius 3 is 2.23 bits per heavy atom. The molecule has 3 aromatic rings. The maximum atomic E-state index is 13.6. The highest BCUT2D eigenvalue weighted by molar-refractivity contribution is 7.92. The molecule has 9 heteroatoms. The zero-order valence-electron chi connectivity index (χ0n) is 22.8. The normalized spacial score (nSPS) is 14.0. The van der Waals surface area contributed by atoms with E-state index in [0.717, 1.165) is 17.7 Å². The van der Waals surface area contributed by atoms with Gasteiger partial charge in [0.2, 0.25) is 0 Å². The lowest BCUT2D eigenvalue weighted by atomic mass is 10.1. The van der Waals surface area contributed by atoms with E-state index in [2.05, 4.69) is 9.62 Å². The molecule has 4 rings (SSSR count). The van der Waals surface area contributed by atoms with Crippen molar-refractivity contribution in [2.24, 2.45) is 0 Å². The van der Waals surface area contributed by atoms with Crippen LogP contribution < -0.4 is 9.62 Å². The number of carbonyl (C=O) groups excluding carboxylic acids is 2. The molecule has 0 aromatic heterocycles. The fourth-order valence-corrected chi connectivity index (χ4v) is 5.85. The molecule has 0 bridgehead atoms. The van der Waals surface area contributed by atoms with Crippen LogP contribution in [0.1, 0.15) is 46.5 Å². The van der Waals surface area contributed by atoms with Crippen molar-refractivity contribution in [1.82, 2.24) is 9.80 Å². The van der Waals surface area contributed by atoms with E-state index in [-0.39, 0.29) is 16.7 Å². The zero-order chi connectivity index (χ0) is 28.0. The molecule has 8 nitrogen and oxygen atoms in total. The lowest BCUT2D eigenvalue weighted by molar-refractivity contribution is 0.0760. The Bertz CT molecular complexity index is 1400. The first-order valence-corrected chi connectivity index (χ1v) is 14.8. The highest BCUT2D eigenvalue weighted by Crippen LogP contribution is 2.28. The van der Waals surface area contributed by atoms with Gasteiger partial charge in [-0.05, 0) is 69.7 Å². The first-order chi connectivity index (χ1) is 18.7. The van der Waals surface area contributed by atoms with Crippen LogP contribution in [0.5, 0.6) is 0 Å². The van der Waals surface area contributed by atoms with Crippen molar-refractivity contribution in [3.8, 4) is 0 Å². The van der Waals surface area contributed by atoms with Crippen molar-refractivity contribution in [1.29, 1.82) is 0 Å². The molecule has 0 radical (unpaired) electrons. The van der Waals surface area contributed by atoms with Gasteiger partial charge in [-0.25, -0.2) is 8.42 Å². The summed E-state index contributed by atoms with van der Waals surface area (Å²) < 4.78 is 28.5. The Hall–Kier alpha value is -3.85. The van der Waals surface area contributed by atoms with Gasteiger partial charge < -0.3 is 14.7 Å². The number of amides is 2. The number of sulfonamides is 1. The van der Waals surface area contributed by atoms with Gasteiger partial charge in [0.15, 0.2) is 0 Å². The molecule has 0 unspecified atom stereocenters. The summed E-state index contributed by atoms with van der Waals surface area (Å²) in [6.45, 7) is 9.28. The number of anilines is 2. The summed E-state index contributed by atoms with van der Waals surface area (Å²) in [4.78, 5) is 32.6. The van der Waals surface area contributed by atoms with E-state index >= 15 is 0 Å². The molecule has 1 saturated heterocycles. The standard InChI is InChI=1S/C30H36N4O4S/c1-4-32(5-2)30(36)27-22-25(31-39(37,38)26-10-7-6-8-11-26)16-17-28(27)33-18-9-19-34(21-20-33)29(35)24-14-12-23(3)13-15-24/h6-8,10-17,22,31H,4-5,9,18-21H2,1-3H3. The van der Waals surface area contributed by atoms with Crippen LogP contribution in [-0.2, 0) is 10.0 Å². The summed E-state index contributed by atoms with van der Waals surface area (Å²) in [6, 6.07) is 20.9. The summed E-state index contributed by atoms with van der Waals surface area (Å²) >= 11 is 0. The smallest absolute Gasteiger partial charge is 0.261 e. The van der Waals surface area contributed by atoms with Gasteiger partial charge in [0.05, 0.1) is 10.5 Å². The molecule has 39 heavy (non-hydrogen) atoms. The maximum absolute atomic E-state index is 13.6. The van der Waals surface area contributed by atoms with Crippen molar-refractivity contribution in [3.05, 3.63) is 89.5 Å². The van der Waals surface area contributed by atoms with Crippen molar-refractivity contribution < 1.29 is 18.0 Å². The topological polar surface area (TPSA) is 90.0 Å². The van der Waals surface area contributed by atoms with Gasteiger partial charge in [-0.3, -0.25) is 14.3 Å². The fraction of sp³-hybridized carbons (Fsp3) is 0.333. The molecule has 0 aliphatic carbocycles. The number of rotatable bonds is 8. The monoisotopic (exact) mass is 548 g/mol. The van der Waals surface area contributed by atoms with Crippen molar-refractivity contribution >= 4 is 33.2 Å². The minimum Gasteiger partial charge on any atom is -0.369 e. The maximum Gasteiger partial charge on any atom is 0.261 e. The first kappa shape index (κ1) is 28.2. The molecule has 1 fully saturated rings. The molecule has 2 amide bonds. The van der Waals surface area contributed by atoms with E-state index in [1.165, 1.54) is 12.1 Å². The van der Waals surface area contributed by atoms with Gasteiger partial charge in [0.25, 0.3) is 21.8 Å². The van der Waals surface area contributed by atoms with Crippen LogP contribution in [0.3, 0.4) is 0 Å². The first-order valence-electron chi connectivity index (χ1n) is 13.4. The van der Waals surface area contributed by atoms with Crippen molar-refractivity contribution in [3.63, 3.8) is 0 Å². The second-order valence-electron chi connectivity index (χ2n) is 9.63. The average molecular weight is 549 g/mol. The summed E-state index contributed by atoms with van der Waals surface area (Å²) in [6.07, 6.45) is 0.749. The van der Waals surface area contributed by atoms with Gasteiger partial charge in [-0.2, -0.15) is 0 Å². The van der Waals surface area contributed by atoms with E-state index in [0.29, 0.717) is 56.1 Å². The molecule has 0 atom stereocenters. The predicted molar refractivity (Wildman–Crippen MR) is 155 cm³/mol. The number of carbonyl (C=O) groups is 2. The highest BCUT2D eigenvalue weighted by Gasteiger charge is 2.25. The molecule has 1 heterocycles. The number of hydrogen-bond donors (Lipinski definition) is 1. The number of hydrogen-bond acceptors (Lipinski definition) is 5. The Morgan fingerprint density at radius 1 is 0.872 bits per heavy atom. The summed E-state index contributed by atoms with van der Waals surface area (Å²) in [7, 11) is -3.81. The molecule has 3 aromatic carbocycles. The molecule has 0 saturated carbocycles. The predicted octanol–water partition coefficient (Wildman–Crippen LogP) is 4.63. The van der Waals surface area contributed by atoms with Gasteiger partial charge in [-0.1, -0.05) is 35.9 Å². The summed E-state index contributed by atoms with van der Waals surface area (Å²) in [5.41, 5.74) is 3.27. The van der Waals surface area contributed by atoms with E-state index in [4.69, 9.17) is 0 Å². The third kappa shape index (κ3) is 6.60. The van der Waals surface area contributed by atoms with Gasteiger partial charge in [0, 0.05) is 56.2 Å². The van der Waals surface area contributed by atoms with Crippen LogP contribution in [0.15, 0.2) is 77.7 Å². The Kier molecular flexibility index (Phi) is 8.91. The van der Waals surface area contributed by atoms with Crippen molar-refractivity contribution in [2.45, 2.75) is 32.1 Å². The number of nitrogens with one attached hydrogen (secondary N) is 1. The van der Waals surface area contributed by atoms with Gasteiger partial charge >= 0.3 is 0 Å². The SMILES string of the molecule is CCN(CC)C(=O)c1cc(NS(=O)(=O)c2ccccc2)ccc1N1CCCN(C(=O)c2ccc(C)cc2)CC1. The van der Waals surface area contributed by atoms with Crippen LogP contribution in [0, 0.1) is 6.92 Å². The zero-order valence-corrected chi connectivity index (χ0v) is 23.6. The Labute approximate surface area is 231 Å². The molecule has 0 spiro atoms. The van der Waals surface area contributed by atoms with Crippen LogP contribution in [0.25, 0.3) is 0 Å². The average Bonchev–Trinajstić information content (AvgIpc) is 3.20. The Balaban J connectivity index is 1.60.